The summed E-state index contributed by atoms with van der Waals surface area (Å²) in [7, 11) is 0. The van der Waals surface area contributed by atoms with Gasteiger partial charge in [0.15, 0.2) is 0 Å². The first-order valence-corrected chi connectivity index (χ1v) is 4.06. The predicted molar refractivity (Wildman–Crippen MR) is 51.0 cm³/mol. The maximum atomic E-state index is 5.22. The van der Waals surface area contributed by atoms with Gasteiger partial charge in [0.25, 0.3) is 0 Å². The van der Waals surface area contributed by atoms with Crippen LogP contribution in [0.15, 0.2) is 24.3 Å². The van der Waals surface area contributed by atoms with Gasteiger partial charge in [-0.25, -0.2) is 0 Å². The Balaban J connectivity index is 2.71. The molecule has 0 aliphatic carbocycles. The summed E-state index contributed by atoms with van der Waals surface area (Å²) in [6.07, 6.45) is 0. The van der Waals surface area contributed by atoms with E-state index in [1.165, 1.54) is 11.5 Å². The van der Waals surface area contributed by atoms with Crippen molar-refractivity contribution in [2.24, 2.45) is 0 Å². The normalized spacial score (nSPS) is 10.3. The van der Waals surface area contributed by atoms with E-state index in [-0.39, 0.29) is 0 Å². The Bertz CT molecular complexity index is 223. The zero-order valence-corrected chi connectivity index (χ0v) is 7.63. The van der Waals surface area contributed by atoms with Gasteiger partial charge in [-0.3, -0.25) is 0 Å². The van der Waals surface area contributed by atoms with Gasteiger partial charge in [0, 0.05) is 0 Å². The van der Waals surface area contributed by atoms with Gasteiger partial charge in [0.1, 0.15) is 5.75 Å². The van der Waals surface area contributed by atoms with E-state index in [0.717, 1.165) is 5.75 Å². The van der Waals surface area contributed by atoms with Crippen molar-refractivity contribution in [3.63, 3.8) is 0 Å². The first-order chi connectivity index (χ1) is 5.74. The van der Waals surface area contributed by atoms with Crippen LogP contribution in [0, 0.1) is 12.8 Å². The highest BCUT2D eigenvalue weighted by atomic mass is 16.5. The fraction of sp³-hybridized carbons (Fsp3) is 0.273. The number of benzene rings is 1. The Morgan fingerprint density at radius 2 is 1.83 bits per heavy atom. The van der Waals surface area contributed by atoms with Crippen LogP contribution in [-0.2, 0) is 0 Å². The molecular weight excluding hydrogens is 148 g/mol. The lowest BCUT2D eigenvalue weighted by molar-refractivity contribution is 0.361. The van der Waals surface area contributed by atoms with Crippen molar-refractivity contribution in [3.8, 4) is 5.75 Å². The lowest BCUT2D eigenvalue weighted by Gasteiger charge is -2.06. The molecule has 0 atom stereocenters. The maximum Gasteiger partial charge on any atom is 0.119 e. The van der Waals surface area contributed by atoms with E-state index in [1.807, 2.05) is 12.1 Å². The highest BCUT2D eigenvalue weighted by molar-refractivity contribution is 5.34. The smallest absolute Gasteiger partial charge is 0.119 e. The van der Waals surface area contributed by atoms with Crippen molar-refractivity contribution >= 4 is 0 Å². The Hall–Kier alpha value is -0.980. The molecule has 0 spiro atoms. The van der Waals surface area contributed by atoms with E-state index in [2.05, 4.69) is 32.9 Å². The number of hydrogen-bond donors (Lipinski definition) is 0. The van der Waals surface area contributed by atoms with Crippen molar-refractivity contribution in [2.75, 3.05) is 6.61 Å². The molecule has 0 unspecified atom stereocenters. The lowest BCUT2D eigenvalue weighted by Crippen LogP contribution is -1.92. The van der Waals surface area contributed by atoms with Gasteiger partial charge in [-0.05, 0) is 30.5 Å². The van der Waals surface area contributed by atoms with Crippen molar-refractivity contribution in [3.05, 3.63) is 42.7 Å². The topological polar surface area (TPSA) is 9.23 Å². The second-order valence-corrected chi connectivity index (χ2v) is 2.87. The molecular formula is C11H14O. The van der Waals surface area contributed by atoms with Crippen molar-refractivity contribution in [2.45, 2.75) is 13.8 Å². The molecule has 0 saturated heterocycles. The summed E-state index contributed by atoms with van der Waals surface area (Å²) in [6, 6.07) is 8.04. The Kier molecular flexibility index (Phi) is 3.15. The predicted octanol–water partition coefficient (Wildman–Crippen LogP) is 2.86. The monoisotopic (exact) mass is 162 g/mol. The summed E-state index contributed by atoms with van der Waals surface area (Å²) >= 11 is 0. The highest BCUT2D eigenvalue weighted by Gasteiger charge is 1.98. The number of rotatable bonds is 3. The fourth-order valence-corrected chi connectivity index (χ4v) is 1.00. The SMILES string of the molecule is [CH2]COc1ccc([C](C)C)cc1. The molecule has 0 aromatic heterocycles. The summed E-state index contributed by atoms with van der Waals surface area (Å²) in [5.41, 5.74) is 1.26. The molecule has 0 saturated carbocycles. The van der Waals surface area contributed by atoms with Gasteiger partial charge >= 0.3 is 0 Å². The van der Waals surface area contributed by atoms with Gasteiger partial charge in [-0.1, -0.05) is 26.0 Å². The third-order valence-electron chi connectivity index (χ3n) is 1.70. The Labute approximate surface area is 74.4 Å². The molecule has 64 valence electrons. The Morgan fingerprint density at radius 3 is 2.25 bits per heavy atom. The molecule has 1 heteroatoms. The fourth-order valence-electron chi connectivity index (χ4n) is 1.00. The van der Waals surface area contributed by atoms with Gasteiger partial charge in [-0.15, -0.1) is 0 Å². The van der Waals surface area contributed by atoms with Crippen molar-refractivity contribution < 1.29 is 4.74 Å². The molecule has 12 heavy (non-hydrogen) atoms. The minimum atomic E-state index is 0.480. The molecule has 0 heterocycles. The van der Waals surface area contributed by atoms with Crippen molar-refractivity contribution in [1.29, 1.82) is 0 Å². The van der Waals surface area contributed by atoms with Gasteiger partial charge in [0.2, 0.25) is 0 Å². The van der Waals surface area contributed by atoms with E-state index in [1.54, 1.807) is 0 Å². The molecule has 0 amide bonds. The van der Waals surface area contributed by atoms with Gasteiger partial charge in [-0.2, -0.15) is 0 Å². The zero-order chi connectivity index (χ0) is 8.97. The van der Waals surface area contributed by atoms with Crippen LogP contribution in [0.3, 0.4) is 0 Å². The number of hydrogen-bond acceptors (Lipinski definition) is 1. The van der Waals surface area contributed by atoms with Crippen LogP contribution < -0.4 is 4.74 Å². The van der Waals surface area contributed by atoms with E-state index >= 15 is 0 Å². The molecule has 2 radical (unpaired) electrons. The third kappa shape index (κ3) is 2.26. The minimum absolute atomic E-state index is 0.480. The molecule has 0 aliphatic heterocycles. The van der Waals surface area contributed by atoms with Crippen LogP contribution in [0.25, 0.3) is 0 Å². The maximum absolute atomic E-state index is 5.22. The molecule has 1 rings (SSSR count). The van der Waals surface area contributed by atoms with Crippen LogP contribution in [-0.4, -0.2) is 6.61 Å². The van der Waals surface area contributed by atoms with Crippen LogP contribution in [0.1, 0.15) is 19.4 Å². The van der Waals surface area contributed by atoms with Crippen LogP contribution in [0.4, 0.5) is 0 Å². The van der Waals surface area contributed by atoms with Crippen LogP contribution in [0.5, 0.6) is 5.75 Å². The van der Waals surface area contributed by atoms with E-state index in [4.69, 9.17) is 4.74 Å². The van der Waals surface area contributed by atoms with Gasteiger partial charge in [0.05, 0.1) is 6.61 Å². The summed E-state index contributed by atoms with van der Waals surface area (Å²) < 4.78 is 5.22. The quantitative estimate of drug-likeness (QED) is 0.664. The zero-order valence-electron chi connectivity index (χ0n) is 7.63. The van der Waals surface area contributed by atoms with Crippen LogP contribution in [0.2, 0.25) is 0 Å². The second-order valence-electron chi connectivity index (χ2n) is 2.87. The highest BCUT2D eigenvalue weighted by Crippen LogP contribution is 2.17. The van der Waals surface area contributed by atoms with Crippen molar-refractivity contribution in [1.82, 2.24) is 0 Å². The lowest BCUT2D eigenvalue weighted by atomic mass is 10.0. The van der Waals surface area contributed by atoms with E-state index < -0.39 is 0 Å². The van der Waals surface area contributed by atoms with E-state index in [9.17, 15) is 0 Å². The molecule has 0 N–H and O–H groups in total. The molecule has 0 fully saturated rings. The molecule has 1 aromatic carbocycles. The van der Waals surface area contributed by atoms with Crippen LogP contribution >= 0.6 is 0 Å². The molecule has 0 bridgehead atoms. The average Bonchev–Trinajstić information content (AvgIpc) is 2.06. The minimum Gasteiger partial charge on any atom is -0.494 e. The summed E-state index contributed by atoms with van der Waals surface area (Å²) in [5, 5.41) is 0. The van der Waals surface area contributed by atoms with Gasteiger partial charge < -0.3 is 4.74 Å². The number of ether oxygens (including phenoxy) is 1. The summed E-state index contributed by atoms with van der Waals surface area (Å²) in [5.74, 6) is 2.20. The third-order valence-corrected chi connectivity index (χ3v) is 1.70. The van der Waals surface area contributed by atoms with E-state index in [0.29, 0.717) is 6.61 Å². The molecule has 1 aromatic rings. The Morgan fingerprint density at radius 1 is 1.25 bits per heavy atom. The average molecular weight is 162 g/mol. The largest absolute Gasteiger partial charge is 0.494 e. The summed E-state index contributed by atoms with van der Waals surface area (Å²) in [6.45, 7) is 8.28. The first-order valence-electron chi connectivity index (χ1n) is 4.06. The molecule has 1 nitrogen and oxygen atoms in total. The molecule has 0 aliphatic rings. The second kappa shape index (κ2) is 4.15. The summed E-state index contributed by atoms with van der Waals surface area (Å²) in [4.78, 5) is 0. The standard InChI is InChI=1S/C11H14O/c1-4-12-11-7-5-10(6-8-11)9(2)3/h5-8H,1,4H2,2-3H3. The first kappa shape index (κ1) is 9.11.